The molecule has 260 valence electrons. The number of fused-ring (bicyclic) bond motifs is 12. The van der Waals surface area contributed by atoms with Gasteiger partial charge in [-0.15, -0.1) is 0 Å². The summed E-state index contributed by atoms with van der Waals surface area (Å²) in [5, 5.41) is 2.49. The molecule has 56 heavy (non-hydrogen) atoms. The van der Waals surface area contributed by atoms with Crippen LogP contribution >= 0.6 is 0 Å². The van der Waals surface area contributed by atoms with Crippen LogP contribution < -0.4 is 0 Å². The molecule has 10 aromatic rings. The first-order valence-corrected chi connectivity index (χ1v) is 19.1. The van der Waals surface area contributed by atoms with E-state index in [0.717, 1.165) is 33.5 Å². The second kappa shape index (κ2) is 11.8. The standard InChI is InChI=1S/C52H32N4/c1-3-15-33(16-4-1)35-19-13-20-36(31-35)50-53-49(34-17-5-2-6-18-34)54-51(55-50)37-29-30-44-47(32-37)56-46-28-12-9-23-40(46)41-24-14-27-45(48(41)56)52(44)42-25-10-7-21-38(42)39-22-8-11-26-43(39)52/h1-32H. The third-order valence-corrected chi connectivity index (χ3v) is 11.8. The Kier molecular flexibility index (Phi) is 6.52. The van der Waals surface area contributed by atoms with Crippen molar-refractivity contribution in [3.63, 3.8) is 0 Å². The molecular weight excluding hydrogens is 681 g/mol. The van der Waals surface area contributed by atoms with E-state index in [0.29, 0.717) is 17.5 Å². The lowest BCUT2D eigenvalue weighted by Gasteiger charge is -2.39. The summed E-state index contributed by atoms with van der Waals surface area (Å²) in [5.41, 5.74) is 15.9. The summed E-state index contributed by atoms with van der Waals surface area (Å²) in [6.45, 7) is 0. The monoisotopic (exact) mass is 712 g/mol. The van der Waals surface area contributed by atoms with Gasteiger partial charge in [0.2, 0.25) is 0 Å². The lowest BCUT2D eigenvalue weighted by atomic mass is 9.65. The summed E-state index contributed by atoms with van der Waals surface area (Å²) in [4.78, 5) is 15.6. The van der Waals surface area contributed by atoms with Crippen molar-refractivity contribution in [1.29, 1.82) is 0 Å². The quantitative estimate of drug-likeness (QED) is 0.182. The van der Waals surface area contributed by atoms with Crippen molar-refractivity contribution in [2.24, 2.45) is 0 Å². The molecule has 2 aromatic heterocycles. The van der Waals surface area contributed by atoms with E-state index >= 15 is 0 Å². The summed E-state index contributed by atoms with van der Waals surface area (Å²) in [5.74, 6) is 1.91. The molecule has 0 amide bonds. The second-order valence-electron chi connectivity index (χ2n) is 14.7. The Morgan fingerprint density at radius 2 is 0.857 bits per heavy atom. The molecule has 0 bridgehead atoms. The molecule has 0 fully saturated rings. The van der Waals surface area contributed by atoms with Crippen LogP contribution in [0.25, 0.3) is 83.9 Å². The summed E-state index contributed by atoms with van der Waals surface area (Å²) in [7, 11) is 0. The molecular formula is C52H32N4. The van der Waals surface area contributed by atoms with E-state index in [-0.39, 0.29) is 0 Å². The summed E-state index contributed by atoms with van der Waals surface area (Å²) < 4.78 is 2.48. The number of benzene rings is 8. The molecule has 0 N–H and O–H groups in total. The first kappa shape index (κ1) is 31.0. The van der Waals surface area contributed by atoms with Gasteiger partial charge in [0.05, 0.1) is 22.1 Å². The van der Waals surface area contributed by atoms with E-state index in [1.165, 1.54) is 55.2 Å². The fourth-order valence-electron chi connectivity index (χ4n) is 9.52. The predicted molar refractivity (Wildman–Crippen MR) is 227 cm³/mol. The van der Waals surface area contributed by atoms with E-state index in [9.17, 15) is 0 Å². The number of rotatable bonds is 4. The fraction of sp³-hybridized carbons (Fsp3) is 0.0192. The molecule has 0 atom stereocenters. The Labute approximate surface area is 324 Å². The van der Waals surface area contributed by atoms with E-state index in [1.807, 2.05) is 24.3 Å². The van der Waals surface area contributed by atoms with Crippen LogP contribution in [0.15, 0.2) is 194 Å². The smallest absolute Gasteiger partial charge is 0.164 e. The first-order chi connectivity index (χ1) is 27.8. The van der Waals surface area contributed by atoms with Crippen molar-refractivity contribution >= 4 is 21.8 Å². The predicted octanol–water partition coefficient (Wildman–Crippen LogP) is 12.3. The Hall–Kier alpha value is -7.43. The van der Waals surface area contributed by atoms with E-state index < -0.39 is 5.41 Å². The number of hydrogen-bond acceptors (Lipinski definition) is 3. The lowest BCUT2D eigenvalue weighted by Crippen LogP contribution is -2.33. The van der Waals surface area contributed by atoms with Crippen LogP contribution in [0.4, 0.5) is 0 Å². The van der Waals surface area contributed by atoms with Gasteiger partial charge in [0, 0.05) is 27.5 Å². The maximum atomic E-state index is 5.26. The topological polar surface area (TPSA) is 43.6 Å². The van der Waals surface area contributed by atoms with Gasteiger partial charge in [0.15, 0.2) is 17.5 Å². The zero-order valence-electron chi connectivity index (χ0n) is 30.3. The van der Waals surface area contributed by atoms with Crippen LogP contribution in [0.1, 0.15) is 22.3 Å². The van der Waals surface area contributed by atoms with E-state index in [2.05, 4.69) is 174 Å². The highest BCUT2D eigenvalue weighted by molar-refractivity contribution is 6.13. The van der Waals surface area contributed by atoms with Gasteiger partial charge in [-0.05, 0) is 62.7 Å². The Morgan fingerprint density at radius 1 is 0.339 bits per heavy atom. The Morgan fingerprint density at radius 3 is 1.59 bits per heavy atom. The maximum Gasteiger partial charge on any atom is 0.164 e. The van der Waals surface area contributed by atoms with Crippen LogP contribution in [-0.2, 0) is 5.41 Å². The molecule has 3 heterocycles. The number of hydrogen-bond donors (Lipinski definition) is 0. The second-order valence-corrected chi connectivity index (χ2v) is 14.7. The van der Waals surface area contributed by atoms with Crippen molar-refractivity contribution in [2.45, 2.75) is 5.41 Å². The van der Waals surface area contributed by atoms with Gasteiger partial charge in [-0.2, -0.15) is 0 Å². The average Bonchev–Trinajstić information content (AvgIpc) is 3.77. The van der Waals surface area contributed by atoms with Gasteiger partial charge in [-0.25, -0.2) is 15.0 Å². The first-order valence-electron chi connectivity index (χ1n) is 19.1. The summed E-state index contributed by atoms with van der Waals surface area (Å²) in [6.07, 6.45) is 0. The van der Waals surface area contributed by atoms with Crippen molar-refractivity contribution in [3.8, 4) is 62.1 Å². The Balaban J connectivity index is 1.15. The maximum absolute atomic E-state index is 5.26. The minimum atomic E-state index is -0.512. The van der Waals surface area contributed by atoms with Gasteiger partial charge in [0.25, 0.3) is 0 Å². The molecule has 4 heteroatoms. The zero-order valence-corrected chi connectivity index (χ0v) is 30.3. The minimum absolute atomic E-state index is 0.512. The molecule has 1 aliphatic carbocycles. The van der Waals surface area contributed by atoms with Crippen molar-refractivity contribution in [3.05, 3.63) is 216 Å². The van der Waals surface area contributed by atoms with Crippen LogP contribution in [0.5, 0.6) is 0 Å². The third kappa shape index (κ3) is 4.27. The number of aromatic nitrogens is 4. The van der Waals surface area contributed by atoms with Gasteiger partial charge < -0.3 is 4.57 Å². The highest BCUT2D eigenvalue weighted by Crippen LogP contribution is 2.61. The van der Waals surface area contributed by atoms with Crippen molar-refractivity contribution in [2.75, 3.05) is 0 Å². The molecule has 0 saturated carbocycles. The highest BCUT2D eigenvalue weighted by Gasteiger charge is 2.50. The minimum Gasteiger partial charge on any atom is -0.309 e. The average molecular weight is 713 g/mol. The van der Waals surface area contributed by atoms with E-state index in [1.54, 1.807) is 0 Å². The van der Waals surface area contributed by atoms with Gasteiger partial charge in [-0.3, -0.25) is 0 Å². The molecule has 1 spiro atoms. The molecule has 1 aliphatic heterocycles. The van der Waals surface area contributed by atoms with Crippen LogP contribution in [0.2, 0.25) is 0 Å². The SMILES string of the molecule is c1ccc(-c2cccc(-c3nc(-c4ccccc4)nc(-c4ccc5c(c4)-n4c6ccccc6c6cccc(c64)C54c5ccccc5-c5ccccc54)n3)c2)cc1. The number of nitrogens with zero attached hydrogens (tertiary/aromatic N) is 4. The molecule has 0 radical (unpaired) electrons. The summed E-state index contributed by atoms with van der Waals surface area (Å²) >= 11 is 0. The van der Waals surface area contributed by atoms with Crippen LogP contribution in [0, 0.1) is 0 Å². The fourth-order valence-corrected chi connectivity index (χ4v) is 9.52. The largest absolute Gasteiger partial charge is 0.309 e. The number of para-hydroxylation sites is 2. The van der Waals surface area contributed by atoms with Crippen LogP contribution in [-0.4, -0.2) is 19.5 Å². The van der Waals surface area contributed by atoms with Crippen molar-refractivity contribution < 1.29 is 0 Å². The molecule has 0 saturated heterocycles. The molecule has 0 unspecified atom stereocenters. The van der Waals surface area contributed by atoms with Gasteiger partial charge >= 0.3 is 0 Å². The molecule has 8 aromatic carbocycles. The van der Waals surface area contributed by atoms with E-state index in [4.69, 9.17) is 15.0 Å². The molecule has 4 nitrogen and oxygen atoms in total. The summed E-state index contributed by atoms with van der Waals surface area (Å²) in [6, 6.07) is 69.6. The van der Waals surface area contributed by atoms with Crippen LogP contribution in [0.3, 0.4) is 0 Å². The third-order valence-electron chi connectivity index (χ3n) is 11.8. The van der Waals surface area contributed by atoms with Crippen molar-refractivity contribution in [1.82, 2.24) is 19.5 Å². The highest BCUT2D eigenvalue weighted by atomic mass is 15.0. The molecule has 12 rings (SSSR count). The van der Waals surface area contributed by atoms with Gasteiger partial charge in [0.1, 0.15) is 0 Å². The Bertz CT molecular complexity index is 3150. The normalized spacial score (nSPS) is 13.1. The molecule has 2 aliphatic rings. The van der Waals surface area contributed by atoms with Gasteiger partial charge in [-0.1, -0.05) is 176 Å². The lowest BCUT2D eigenvalue weighted by molar-refractivity contribution is 0.748. The zero-order chi connectivity index (χ0) is 36.8.